The number of nitrogens with zero attached hydrogens (tertiary/aromatic N) is 2. The van der Waals surface area contributed by atoms with Gasteiger partial charge < -0.3 is 10.3 Å². The molecule has 4 N–H and O–H groups in total. The van der Waals surface area contributed by atoms with Crippen LogP contribution in [0.4, 0.5) is 37.7 Å². The van der Waals surface area contributed by atoms with Crippen LogP contribution in [0.2, 0.25) is 5.02 Å². The number of imidazole rings is 1. The number of amides is 2. The van der Waals surface area contributed by atoms with Crippen molar-refractivity contribution in [3.63, 3.8) is 0 Å². The van der Waals surface area contributed by atoms with E-state index in [2.05, 4.69) is 15.3 Å². The molecule has 1 aliphatic carbocycles. The highest BCUT2D eigenvalue weighted by atomic mass is 35.5. The van der Waals surface area contributed by atoms with Gasteiger partial charge in [-0.2, -0.15) is 26.3 Å². The highest BCUT2D eigenvalue weighted by Gasteiger charge is 2.66. The molecule has 0 bridgehead atoms. The first-order valence-corrected chi connectivity index (χ1v) is 12.4. The number of hydrogen-bond donors (Lipinski definition) is 3. The number of carbonyl (C=O) groups is 2. The summed E-state index contributed by atoms with van der Waals surface area (Å²) in [6, 6.07) is 10.9. The number of hydrogen-bond acceptors (Lipinski definition) is 4. The molecular formula is C27H20ClF6N5O2. The molecule has 14 heteroatoms. The van der Waals surface area contributed by atoms with Crippen molar-refractivity contribution in [2.24, 2.45) is 5.84 Å². The van der Waals surface area contributed by atoms with E-state index in [1.807, 2.05) is 0 Å². The largest absolute Gasteiger partial charge is 0.417 e. The van der Waals surface area contributed by atoms with Gasteiger partial charge in [0, 0.05) is 10.7 Å². The van der Waals surface area contributed by atoms with Crippen LogP contribution >= 0.6 is 11.6 Å². The number of aromatic amines is 1. The van der Waals surface area contributed by atoms with Gasteiger partial charge >= 0.3 is 12.4 Å². The molecule has 0 aliphatic heterocycles. The lowest BCUT2D eigenvalue weighted by molar-refractivity contribution is -0.162. The Morgan fingerprint density at radius 1 is 1.02 bits per heavy atom. The molecule has 1 saturated carbocycles. The van der Waals surface area contributed by atoms with Gasteiger partial charge in [-0.05, 0) is 61.7 Å². The molecule has 1 aliphatic rings. The van der Waals surface area contributed by atoms with Crippen LogP contribution in [0.25, 0.3) is 11.0 Å². The quantitative estimate of drug-likeness (QED) is 0.101. The molecule has 41 heavy (non-hydrogen) atoms. The molecule has 5 rings (SSSR count). The van der Waals surface area contributed by atoms with Crippen molar-refractivity contribution in [3.05, 3.63) is 87.7 Å². The topological polar surface area (TPSA) is 104 Å². The number of fused-ring (bicyclic) bond motifs is 1. The van der Waals surface area contributed by atoms with E-state index in [-0.39, 0.29) is 35.1 Å². The summed E-state index contributed by atoms with van der Waals surface area (Å²) in [4.78, 5) is 33.3. The van der Waals surface area contributed by atoms with Crippen LogP contribution in [0.3, 0.4) is 0 Å². The van der Waals surface area contributed by atoms with Crippen molar-refractivity contribution in [1.29, 1.82) is 0 Å². The SMILES string of the molecule is Cc1c(Cl)cccc1NC(=O)c1cc(N(N)C(=O)c2ccccc2C(F)(F)F)cc2[nH]c(C3(C(F)(F)F)CC3)nc12. The lowest BCUT2D eigenvalue weighted by Crippen LogP contribution is -2.38. The molecule has 0 spiro atoms. The number of alkyl halides is 6. The third kappa shape index (κ3) is 4.99. The predicted molar refractivity (Wildman–Crippen MR) is 140 cm³/mol. The molecule has 0 saturated heterocycles. The standard InChI is InChI=1S/C27H20ClF6N5O2/c1-13-18(28)7-4-8-19(13)36-22(40)16-11-14(39(35)23(41)15-5-2-3-6-17(15)26(29,30)31)12-20-21(16)38-24(37-20)25(9-10-25)27(32,33)34/h2-8,11-12H,9-10,35H2,1H3,(H,36,40)(H,37,38). The smallest absolute Gasteiger partial charge is 0.341 e. The van der Waals surface area contributed by atoms with Gasteiger partial charge in [-0.1, -0.05) is 29.8 Å². The van der Waals surface area contributed by atoms with Gasteiger partial charge in [-0.15, -0.1) is 0 Å². The minimum atomic E-state index is -4.87. The van der Waals surface area contributed by atoms with Gasteiger partial charge in [0.05, 0.1) is 27.9 Å². The maximum absolute atomic E-state index is 13.9. The first kappa shape index (κ1) is 28.4. The van der Waals surface area contributed by atoms with Gasteiger partial charge in [-0.3, -0.25) is 9.59 Å². The Labute approximate surface area is 233 Å². The van der Waals surface area contributed by atoms with Crippen LogP contribution in [-0.2, 0) is 11.6 Å². The van der Waals surface area contributed by atoms with E-state index >= 15 is 0 Å². The Morgan fingerprint density at radius 2 is 1.71 bits per heavy atom. The molecule has 1 heterocycles. The van der Waals surface area contributed by atoms with E-state index in [0.29, 0.717) is 27.3 Å². The third-order valence-corrected chi connectivity index (χ3v) is 7.45. The number of nitrogens with one attached hydrogen (secondary N) is 2. The summed E-state index contributed by atoms with van der Waals surface area (Å²) in [6.45, 7) is 1.63. The van der Waals surface area contributed by atoms with Crippen molar-refractivity contribution in [2.75, 3.05) is 10.3 Å². The number of aromatic nitrogens is 2. The van der Waals surface area contributed by atoms with Crippen LogP contribution < -0.4 is 16.2 Å². The average molecular weight is 596 g/mol. The number of benzene rings is 3. The summed E-state index contributed by atoms with van der Waals surface area (Å²) < 4.78 is 82.2. The van der Waals surface area contributed by atoms with E-state index in [4.69, 9.17) is 17.4 Å². The Hall–Kier alpha value is -4.10. The zero-order valence-corrected chi connectivity index (χ0v) is 21.8. The number of hydrazine groups is 1. The predicted octanol–water partition coefficient (Wildman–Crippen LogP) is 6.91. The van der Waals surface area contributed by atoms with Crippen molar-refractivity contribution in [2.45, 2.75) is 37.5 Å². The molecule has 0 unspecified atom stereocenters. The van der Waals surface area contributed by atoms with Gasteiger partial charge in [0.25, 0.3) is 11.8 Å². The molecule has 3 aromatic carbocycles. The number of rotatable bonds is 5. The lowest BCUT2D eigenvalue weighted by atomic mass is 10.1. The summed E-state index contributed by atoms with van der Waals surface area (Å²) in [5.74, 6) is 3.45. The molecule has 4 aromatic rings. The van der Waals surface area contributed by atoms with Gasteiger partial charge in [0.15, 0.2) is 0 Å². The van der Waals surface area contributed by atoms with Gasteiger partial charge in [0.2, 0.25) is 0 Å². The first-order chi connectivity index (χ1) is 19.1. The molecule has 214 valence electrons. The van der Waals surface area contributed by atoms with Crippen LogP contribution in [-0.4, -0.2) is 28.0 Å². The maximum Gasteiger partial charge on any atom is 0.417 e. The van der Waals surface area contributed by atoms with Crippen LogP contribution in [0.15, 0.2) is 54.6 Å². The third-order valence-electron chi connectivity index (χ3n) is 7.04. The highest BCUT2D eigenvalue weighted by Crippen LogP contribution is 2.58. The zero-order valence-electron chi connectivity index (χ0n) is 21.0. The number of H-pyrrole nitrogens is 1. The highest BCUT2D eigenvalue weighted by molar-refractivity contribution is 6.31. The number of anilines is 2. The van der Waals surface area contributed by atoms with Crippen molar-refractivity contribution in [3.8, 4) is 0 Å². The fraction of sp³-hybridized carbons (Fsp3) is 0.222. The van der Waals surface area contributed by atoms with E-state index < -0.39 is 46.5 Å². The summed E-state index contributed by atoms with van der Waals surface area (Å²) in [5.41, 5.74) is -4.18. The summed E-state index contributed by atoms with van der Waals surface area (Å²) in [7, 11) is 0. The summed E-state index contributed by atoms with van der Waals surface area (Å²) in [6.07, 6.45) is -9.93. The van der Waals surface area contributed by atoms with E-state index in [1.165, 1.54) is 6.07 Å². The van der Waals surface area contributed by atoms with E-state index in [9.17, 15) is 35.9 Å². The zero-order chi connectivity index (χ0) is 29.9. The van der Waals surface area contributed by atoms with E-state index in [0.717, 1.165) is 24.3 Å². The molecule has 1 fully saturated rings. The molecular weight excluding hydrogens is 576 g/mol. The fourth-order valence-electron chi connectivity index (χ4n) is 4.52. The average Bonchev–Trinajstić information content (AvgIpc) is 3.63. The monoisotopic (exact) mass is 595 g/mol. The molecule has 7 nitrogen and oxygen atoms in total. The summed E-state index contributed by atoms with van der Waals surface area (Å²) in [5, 5.41) is 3.35. The Kier molecular flexibility index (Phi) is 6.77. The molecule has 0 atom stereocenters. The van der Waals surface area contributed by atoms with Crippen LogP contribution in [0, 0.1) is 6.92 Å². The van der Waals surface area contributed by atoms with Crippen LogP contribution in [0.5, 0.6) is 0 Å². The minimum absolute atomic E-state index is 0.0756. The number of nitrogens with two attached hydrogens (primary N) is 1. The van der Waals surface area contributed by atoms with Crippen molar-refractivity contribution < 1.29 is 35.9 Å². The minimum Gasteiger partial charge on any atom is -0.341 e. The van der Waals surface area contributed by atoms with Gasteiger partial charge in [-0.25, -0.2) is 15.8 Å². The number of carbonyl (C=O) groups excluding carboxylic acids is 2. The lowest BCUT2D eigenvalue weighted by Gasteiger charge is -2.20. The number of halogens is 7. The summed E-state index contributed by atoms with van der Waals surface area (Å²) >= 11 is 6.13. The normalized spacial score (nSPS) is 14.7. The molecule has 2 amide bonds. The second kappa shape index (κ2) is 9.77. The second-order valence-electron chi connectivity index (χ2n) is 9.64. The van der Waals surface area contributed by atoms with E-state index in [1.54, 1.807) is 25.1 Å². The van der Waals surface area contributed by atoms with Crippen LogP contribution in [0.1, 0.15) is 50.5 Å². The Balaban J connectivity index is 1.63. The molecule has 0 radical (unpaired) electrons. The Bertz CT molecular complexity index is 1690. The Morgan fingerprint density at radius 3 is 2.34 bits per heavy atom. The first-order valence-electron chi connectivity index (χ1n) is 12.1. The maximum atomic E-state index is 13.9. The fourth-order valence-corrected chi connectivity index (χ4v) is 4.69. The second-order valence-corrected chi connectivity index (χ2v) is 10.0. The van der Waals surface area contributed by atoms with Gasteiger partial charge in [0.1, 0.15) is 16.8 Å². The van der Waals surface area contributed by atoms with Crippen molar-refractivity contribution in [1.82, 2.24) is 9.97 Å². The van der Waals surface area contributed by atoms with Crippen molar-refractivity contribution >= 4 is 45.8 Å². The molecule has 1 aromatic heterocycles.